The van der Waals surface area contributed by atoms with Gasteiger partial charge in [0.05, 0.1) is 0 Å². The zero-order valence-electron chi connectivity index (χ0n) is 5.56. The van der Waals surface area contributed by atoms with Crippen LogP contribution < -0.4 is 0 Å². The lowest BCUT2D eigenvalue weighted by Crippen LogP contribution is -1.92. The lowest BCUT2D eigenvalue weighted by atomic mass is 10.3. The second kappa shape index (κ2) is 4.29. The van der Waals surface area contributed by atoms with E-state index >= 15 is 0 Å². The summed E-state index contributed by atoms with van der Waals surface area (Å²) in [7, 11) is 0. The zero-order chi connectivity index (χ0) is 6.53. The summed E-state index contributed by atoms with van der Waals surface area (Å²) in [6.45, 7) is 3.97. The molecule has 0 N–H and O–H groups in total. The highest BCUT2D eigenvalue weighted by Gasteiger charge is 2.00. The van der Waals surface area contributed by atoms with Crippen molar-refractivity contribution in [1.29, 1.82) is 0 Å². The van der Waals surface area contributed by atoms with Gasteiger partial charge in [0.2, 0.25) is 0 Å². The monoisotopic (exact) mass is 160 g/mol. The molecule has 1 heterocycles. The van der Waals surface area contributed by atoms with Crippen molar-refractivity contribution in [2.45, 2.75) is 12.8 Å². The minimum absolute atomic E-state index is 1.23. The number of rotatable bonds is 0. The molecule has 0 nitrogen and oxygen atoms in total. The molecule has 0 spiro atoms. The molecule has 1 aliphatic heterocycles. The second-order valence-electron chi connectivity index (χ2n) is 2.10. The summed E-state index contributed by atoms with van der Waals surface area (Å²) in [5.74, 6) is 3.91. The third kappa shape index (κ3) is 3.21. The van der Waals surface area contributed by atoms with Crippen LogP contribution in [-0.2, 0) is 0 Å². The van der Waals surface area contributed by atoms with Crippen LogP contribution in [0.1, 0.15) is 12.8 Å². The summed E-state index contributed by atoms with van der Waals surface area (Å²) >= 11 is 4.01. The normalized spacial score (nSPS) is 22.9. The molecule has 0 radical (unpaired) electrons. The van der Waals surface area contributed by atoms with Crippen LogP contribution in [0.25, 0.3) is 0 Å². The molecule has 0 amide bonds. The molecule has 52 valence electrons. The third-order valence-corrected chi connectivity index (χ3v) is 3.63. The molecule has 1 fully saturated rings. The first-order chi connectivity index (χ1) is 4.39. The van der Waals surface area contributed by atoms with Crippen LogP contribution in [0.3, 0.4) is 0 Å². The summed E-state index contributed by atoms with van der Waals surface area (Å²) in [6.07, 6.45) is 2.56. The maximum absolute atomic E-state index is 3.97. The molecule has 0 atom stereocenters. The van der Waals surface area contributed by atoms with Crippen molar-refractivity contribution in [3.63, 3.8) is 0 Å². The molecule has 2 heteroatoms. The number of thioether (sulfide) groups is 2. The smallest absolute Gasteiger partial charge is 0.00676 e. The van der Waals surface area contributed by atoms with Crippen LogP contribution in [0.2, 0.25) is 0 Å². The molecule has 0 bridgehead atoms. The van der Waals surface area contributed by atoms with Gasteiger partial charge in [-0.2, -0.15) is 11.8 Å². The highest BCUT2D eigenvalue weighted by molar-refractivity contribution is 8.05. The van der Waals surface area contributed by atoms with E-state index in [9.17, 15) is 0 Å². The average molecular weight is 160 g/mol. The maximum atomic E-state index is 3.97. The maximum Gasteiger partial charge on any atom is 0.00676 e. The van der Waals surface area contributed by atoms with E-state index in [0.717, 1.165) is 0 Å². The summed E-state index contributed by atoms with van der Waals surface area (Å²) in [6, 6.07) is 0. The van der Waals surface area contributed by atoms with Crippen molar-refractivity contribution in [2.75, 3.05) is 17.3 Å². The Kier molecular flexibility index (Phi) is 3.59. The minimum atomic E-state index is 1.23. The predicted molar refractivity (Wildman–Crippen MR) is 48.2 cm³/mol. The van der Waals surface area contributed by atoms with E-state index in [4.69, 9.17) is 0 Å². The molecule has 1 saturated heterocycles. The van der Waals surface area contributed by atoms with E-state index in [-0.39, 0.29) is 0 Å². The molecule has 0 aromatic carbocycles. The molecule has 0 aromatic rings. The van der Waals surface area contributed by atoms with Crippen LogP contribution in [0.4, 0.5) is 0 Å². The standard InChI is InChI=1S/C7H12S2/c1-7-3-2-4-8-5-6-9-7/h1-6H2. The highest BCUT2D eigenvalue weighted by Crippen LogP contribution is 2.24. The molecular formula is C7H12S2. The quantitative estimate of drug-likeness (QED) is 0.534. The van der Waals surface area contributed by atoms with E-state index < -0.39 is 0 Å². The van der Waals surface area contributed by atoms with Crippen molar-refractivity contribution in [1.82, 2.24) is 0 Å². The molecule has 0 aliphatic carbocycles. The lowest BCUT2D eigenvalue weighted by molar-refractivity contribution is 0.960. The number of hydrogen-bond acceptors (Lipinski definition) is 2. The van der Waals surface area contributed by atoms with Gasteiger partial charge < -0.3 is 0 Å². The Morgan fingerprint density at radius 2 is 2.11 bits per heavy atom. The Balaban J connectivity index is 2.20. The molecule has 0 unspecified atom stereocenters. The Labute approximate surface area is 65.5 Å². The summed E-state index contributed by atoms with van der Waals surface area (Å²) in [5, 5.41) is 0. The second-order valence-corrected chi connectivity index (χ2v) is 4.60. The molecular weight excluding hydrogens is 148 g/mol. The van der Waals surface area contributed by atoms with Crippen molar-refractivity contribution in [2.24, 2.45) is 0 Å². The molecule has 1 aliphatic rings. The average Bonchev–Trinajstić information content (AvgIpc) is 1.79. The van der Waals surface area contributed by atoms with Gasteiger partial charge in [0, 0.05) is 11.5 Å². The fourth-order valence-electron chi connectivity index (χ4n) is 0.791. The highest BCUT2D eigenvalue weighted by atomic mass is 32.2. The van der Waals surface area contributed by atoms with E-state index in [2.05, 4.69) is 18.3 Å². The van der Waals surface area contributed by atoms with Gasteiger partial charge in [0.25, 0.3) is 0 Å². The Hall–Kier alpha value is 0.440. The Morgan fingerprint density at radius 1 is 1.22 bits per heavy atom. The van der Waals surface area contributed by atoms with Gasteiger partial charge in [-0.25, -0.2) is 0 Å². The van der Waals surface area contributed by atoms with E-state index in [1.54, 1.807) is 0 Å². The fourth-order valence-corrected chi connectivity index (χ4v) is 2.73. The number of hydrogen-bond donors (Lipinski definition) is 0. The summed E-state index contributed by atoms with van der Waals surface area (Å²) in [4.78, 5) is 1.38. The third-order valence-electron chi connectivity index (χ3n) is 1.28. The molecule has 1 rings (SSSR count). The van der Waals surface area contributed by atoms with Crippen LogP contribution in [0.15, 0.2) is 11.5 Å². The molecule has 0 saturated carbocycles. The largest absolute Gasteiger partial charge is 0.161 e. The minimum Gasteiger partial charge on any atom is -0.161 e. The summed E-state index contributed by atoms with van der Waals surface area (Å²) < 4.78 is 0. The van der Waals surface area contributed by atoms with Crippen LogP contribution >= 0.6 is 23.5 Å². The van der Waals surface area contributed by atoms with Gasteiger partial charge in [0.15, 0.2) is 0 Å². The summed E-state index contributed by atoms with van der Waals surface area (Å²) in [5.41, 5.74) is 0. The van der Waals surface area contributed by atoms with Crippen LogP contribution in [0, 0.1) is 0 Å². The van der Waals surface area contributed by atoms with Crippen molar-refractivity contribution >= 4 is 23.5 Å². The first kappa shape index (κ1) is 7.55. The first-order valence-electron chi connectivity index (χ1n) is 3.28. The lowest BCUT2D eigenvalue weighted by Gasteiger charge is -2.08. The van der Waals surface area contributed by atoms with Gasteiger partial charge in [-0.05, 0) is 23.5 Å². The van der Waals surface area contributed by atoms with E-state index in [1.807, 2.05) is 11.8 Å². The van der Waals surface area contributed by atoms with E-state index in [0.29, 0.717) is 0 Å². The first-order valence-corrected chi connectivity index (χ1v) is 5.42. The predicted octanol–water partition coefficient (Wildman–Crippen LogP) is 2.76. The Bertz CT molecular complexity index is 89.1. The van der Waals surface area contributed by atoms with Crippen LogP contribution in [-0.4, -0.2) is 17.3 Å². The topological polar surface area (TPSA) is 0 Å². The van der Waals surface area contributed by atoms with E-state index in [1.165, 1.54) is 35.0 Å². The van der Waals surface area contributed by atoms with Gasteiger partial charge in [-0.15, -0.1) is 11.8 Å². The van der Waals surface area contributed by atoms with Crippen LogP contribution in [0.5, 0.6) is 0 Å². The van der Waals surface area contributed by atoms with Gasteiger partial charge in [-0.3, -0.25) is 0 Å². The molecule has 0 aromatic heterocycles. The van der Waals surface area contributed by atoms with Crippen molar-refractivity contribution < 1.29 is 0 Å². The van der Waals surface area contributed by atoms with Gasteiger partial charge in [-0.1, -0.05) is 6.58 Å². The fraction of sp³-hybridized carbons (Fsp3) is 0.714. The van der Waals surface area contributed by atoms with Gasteiger partial charge >= 0.3 is 0 Å². The zero-order valence-corrected chi connectivity index (χ0v) is 7.19. The number of allylic oxidation sites excluding steroid dienone is 1. The Morgan fingerprint density at radius 3 is 3.00 bits per heavy atom. The van der Waals surface area contributed by atoms with Crippen molar-refractivity contribution in [3.8, 4) is 0 Å². The van der Waals surface area contributed by atoms with Crippen molar-refractivity contribution in [3.05, 3.63) is 11.5 Å². The SMILES string of the molecule is C=C1CCCSCCS1. The molecule has 9 heavy (non-hydrogen) atoms. The van der Waals surface area contributed by atoms with Gasteiger partial charge in [0.1, 0.15) is 0 Å².